The molecule has 1 atom stereocenters. The van der Waals surface area contributed by atoms with Crippen molar-refractivity contribution in [2.75, 3.05) is 27.3 Å². The number of nitrogens with zero attached hydrogens (tertiary/aromatic N) is 1. The zero-order valence-corrected chi connectivity index (χ0v) is 19.3. The smallest absolute Gasteiger partial charge is 0.251 e. The van der Waals surface area contributed by atoms with Crippen LogP contribution in [0.4, 0.5) is 0 Å². The van der Waals surface area contributed by atoms with Crippen molar-refractivity contribution in [2.45, 2.75) is 39.5 Å². The fourth-order valence-corrected chi connectivity index (χ4v) is 3.37. The van der Waals surface area contributed by atoms with Gasteiger partial charge in [-0.3, -0.25) is 9.79 Å². The summed E-state index contributed by atoms with van der Waals surface area (Å²) in [5.41, 5.74) is 2.33. The molecule has 0 fully saturated rings. The SMILES string of the molecule is COc1cc(OC)cc(C(C)NC(=O)c2ccc(OC(C)C)c(CNC3=NCCN3)c2)c1. The quantitative estimate of drug-likeness (QED) is 0.555. The van der Waals surface area contributed by atoms with Crippen LogP contribution in [0.25, 0.3) is 0 Å². The molecule has 0 saturated carbocycles. The van der Waals surface area contributed by atoms with Crippen LogP contribution in [-0.2, 0) is 6.54 Å². The van der Waals surface area contributed by atoms with E-state index >= 15 is 0 Å². The average Bonchev–Trinajstić information content (AvgIpc) is 3.31. The summed E-state index contributed by atoms with van der Waals surface area (Å²) in [5, 5.41) is 9.51. The molecule has 0 radical (unpaired) electrons. The summed E-state index contributed by atoms with van der Waals surface area (Å²) >= 11 is 0. The Bertz CT molecular complexity index is 952. The number of nitrogens with one attached hydrogen (secondary N) is 3. The summed E-state index contributed by atoms with van der Waals surface area (Å²) in [4.78, 5) is 17.4. The van der Waals surface area contributed by atoms with Gasteiger partial charge < -0.3 is 30.2 Å². The van der Waals surface area contributed by atoms with Crippen molar-refractivity contribution >= 4 is 11.9 Å². The summed E-state index contributed by atoms with van der Waals surface area (Å²) in [7, 11) is 3.20. The summed E-state index contributed by atoms with van der Waals surface area (Å²) in [6.45, 7) is 7.96. The summed E-state index contributed by atoms with van der Waals surface area (Å²) in [6, 6.07) is 10.8. The molecule has 1 amide bonds. The molecule has 3 rings (SSSR count). The first-order valence-electron chi connectivity index (χ1n) is 10.7. The maximum atomic E-state index is 13.0. The van der Waals surface area contributed by atoms with E-state index in [-0.39, 0.29) is 18.1 Å². The van der Waals surface area contributed by atoms with E-state index in [2.05, 4.69) is 20.9 Å². The second-order valence-corrected chi connectivity index (χ2v) is 7.84. The Morgan fingerprint density at radius 1 is 1.09 bits per heavy atom. The van der Waals surface area contributed by atoms with Crippen LogP contribution in [0.15, 0.2) is 41.4 Å². The highest BCUT2D eigenvalue weighted by atomic mass is 16.5. The molecule has 0 spiro atoms. The Labute approximate surface area is 189 Å². The van der Waals surface area contributed by atoms with Crippen molar-refractivity contribution < 1.29 is 19.0 Å². The van der Waals surface area contributed by atoms with Crippen LogP contribution in [-0.4, -0.2) is 45.3 Å². The van der Waals surface area contributed by atoms with Crippen LogP contribution in [0.5, 0.6) is 17.2 Å². The molecule has 8 heteroatoms. The van der Waals surface area contributed by atoms with Gasteiger partial charge >= 0.3 is 0 Å². The van der Waals surface area contributed by atoms with Crippen LogP contribution in [0, 0.1) is 0 Å². The number of methoxy groups -OCH3 is 2. The van der Waals surface area contributed by atoms with E-state index in [1.807, 2.05) is 45.0 Å². The molecule has 8 nitrogen and oxygen atoms in total. The monoisotopic (exact) mass is 440 g/mol. The first kappa shape index (κ1) is 23.2. The highest BCUT2D eigenvalue weighted by Crippen LogP contribution is 2.27. The lowest BCUT2D eigenvalue weighted by atomic mass is 10.1. The fraction of sp³-hybridized carbons (Fsp3) is 0.417. The third-order valence-corrected chi connectivity index (χ3v) is 5.03. The lowest BCUT2D eigenvalue weighted by Crippen LogP contribution is -2.33. The van der Waals surface area contributed by atoms with Gasteiger partial charge in [0, 0.05) is 30.3 Å². The number of aliphatic imine (C=N–C) groups is 1. The predicted molar refractivity (Wildman–Crippen MR) is 125 cm³/mol. The van der Waals surface area contributed by atoms with Gasteiger partial charge in [-0.25, -0.2) is 0 Å². The molecule has 0 bridgehead atoms. The van der Waals surface area contributed by atoms with E-state index in [9.17, 15) is 4.79 Å². The van der Waals surface area contributed by atoms with Gasteiger partial charge in [0.2, 0.25) is 0 Å². The zero-order valence-electron chi connectivity index (χ0n) is 19.3. The van der Waals surface area contributed by atoms with Gasteiger partial charge in [0.15, 0.2) is 5.96 Å². The van der Waals surface area contributed by atoms with Gasteiger partial charge in [-0.1, -0.05) is 0 Å². The second kappa shape index (κ2) is 10.7. The van der Waals surface area contributed by atoms with Crippen molar-refractivity contribution in [1.29, 1.82) is 0 Å². The van der Waals surface area contributed by atoms with Crippen LogP contribution in [0.1, 0.15) is 48.3 Å². The van der Waals surface area contributed by atoms with Crippen LogP contribution < -0.4 is 30.2 Å². The van der Waals surface area contributed by atoms with Crippen LogP contribution >= 0.6 is 0 Å². The summed E-state index contributed by atoms with van der Waals surface area (Å²) in [5.74, 6) is 2.68. The molecule has 1 aliphatic rings. The van der Waals surface area contributed by atoms with E-state index in [4.69, 9.17) is 14.2 Å². The predicted octanol–water partition coefficient (Wildman–Crippen LogP) is 3.03. The maximum absolute atomic E-state index is 13.0. The normalized spacial score (nSPS) is 13.8. The lowest BCUT2D eigenvalue weighted by molar-refractivity contribution is 0.0939. The average molecular weight is 441 g/mol. The fourth-order valence-electron chi connectivity index (χ4n) is 3.37. The topological polar surface area (TPSA) is 93.2 Å². The van der Waals surface area contributed by atoms with Crippen molar-refractivity contribution in [3.8, 4) is 17.2 Å². The van der Waals surface area contributed by atoms with Gasteiger partial charge in [0.1, 0.15) is 17.2 Å². The Morgan fingerprint density at radius 2 is 1.81 bits per heavy atom. The van der Waals surface area contributed by atoms with Crippen molar-refractivity contribution in [1.82, 2.24) is 16.0 Å². The van der Waals surface area contributed by atoms with Gasteiger partial charge in [0.05, 0.1) is 32.9 Å². The molecule has 1 unspecified atom stereocenters. The molecule has 2 aromatic carbocycles. The third kappa shape index (κ3) is 6.06. The minimum atomic E-state index is -0.239. The third-order valence-electron chi connectivity index (χ3n) is 5.03. The molecular formula is C24H32N4O4. The molecule has 172 valence electrons. The number of guanidine groups is 1. The van der Waals surface area contributed by atoms with Crippen LogP contribution in [0.2, 0.25) is 0 Å². The van der Waals surface area contributed by atoms with Gasteiger partial charge in [0.25, 0.3) is 5.91 Å². The second-order valence-electron chi connectivity index (χ2n) is 7.84. The highest BCUT2D eigenvalue weighted by Gasteiger charge is 2.16. The molecule has 1 aliphatic heterocycles. The molecule has 3 N–H and O–H groups in total. The number of benzene rings is 2. The molecule has 0 saturated heterocycles. The number of ether oxygens (including phenoxy) is 3. The molecule has 0 aliphatic carbocycles. The molecule has 1 heterocycles. The van der Waals surface area contributed by atoms with E-state index in [1.54, 1.807) is 26.4 Å². The molecule has 2 aromatic rings. The van der Waals surface area contributed by atoms with E-state index in [0.717, 1.165) is 35.9 Å². The van der Waals surface area contributed by atoms with Gasteiger partial charge in [-0.05, 0) is 56.7 Å². The standard InChI is InChI=1S/C24H32N4O4/c1-15(2)32-22-7-6-17(10-19(22)14-27-24-25-8-9-26-24)23(29)28-16(3)18-11-20(30-4)13-21(12-18)31-5/h6-7,10-13,15-16H,8-9,14H2,1-5H3,(H,28,29)(H2,25,26,27). The van der Waals surface area contributed by atoms with E-state index < -0.39 is 0 Å². The minimum absolute atomic E-state index is 0.0263. The molecule has 32 heavy (non-hydrogen) atoms. The van der Waals surface area contributed by atoms with Crippen molar-refractivity contribution in [2.24, 2.45) is 4.99 Å². The summed E-state index contributed by atoms with van der Waals surface area (Å²) in [6.07, 6.45) is 0.0263. The number of hydrogen-bond donors (Lipinski definition) is 3. The number of carbonyl (C=O) groups excluding carboxylic acids is 1. The first-order chi connectivity index (χ1) is 15.4. The molecular weight excluding hydrogens is 408 g/mol. The van der Waals surface area contributed by atoms with Gasteiger partial charge in [-0.15, -0.1) is 0 Å². The highest BCUT2D eigenvalue weighted by molar-refractivity contribution is 5.95. The maximum Gasteiger partial charge on any atom is 0.251 e. The largest absolute Gasteiger partial charge is 0.497 e. The number of rotatable bonds is 9. The van der Waals surface area contributed by atoms with E-state index in [1.165, 1.54) is 0 Å². The Hall–Kier alpha value is -3.42. The molecule has 0 aromatic heterocycles. The van der Waals surface area contributed by atoms with Gasteiger partial charge in [-0.2, -0.15) is 0 Å². The Balaban J connectivity index is 1.77. The Morgan fingerprint density at radius 3 is 2.41 bits per heavy atom. The van der Waals surface area contributed by atoms with E-state index in [0.29, 0.717) is 23.6 Å². The number of amides is 1. The first-order valence-corrected chi connectivity index (χ1v) is 10.7. The van der Waals surface area contributed by atoms with Crippen molar-refractivity contribution in [3.63, 3.8) is 0 Å². The number of hydrogen-bond acceptors (Lipinski definition) is 7. The minimum Gasteiger partial charge on any atom is -0.497 e. The number of carbonyl (C=O) groups is 1. The van der Waals surface area contributed by atoms with Crippen molar-refractivity contribution in [3.05, 3.63) is 53.1 Å². The Kier molecular flexibility index (Phi) is 7.81. The van der Waals surface area contributed by atoms with Crippen LogP contribution in [0.3, 0.4) is 0 Å². The lowest BCUT2D eigenvalue weighted by Gasteiger charge is -2.19. The summed E-state index contributed by atoms with van der Waals surface area (Å²) < 4.78 is 16.6. The zero-order chi connectivity index (χ0) is 23.1.